The van der Waals surface area contributed by atoms with Gasteiger partial charge in [0, 0.05) is 16.2 Å². The number of nitrogens with one attached hydrogen (secondary N) is 1. The van der Waals surface area contributed by atoms with Crippen LogP contribution in [0.1, 0.15) is 6.92 Å². The summed E-state index contributed by atoms with van der Waals surface area (Å²) in [4.78, 5) is 12.4. The van der Waals surface area contributed by atoms with Gasteiger partial charge in [-0.1, -0.05) is 15.9 Å². The molecule has 1 aliphatic heterocycles. The van der Waals surface area contributed by atoms with Crippen molar-refractivity contribution in [1.29, 1.82) is 0 Å². The average Bonchev–Trinajstić information content (AvgIpc) is 3.09. The summed E-state index contributed by atoms with van der Waals surface area (Å²) in [7, 11) is -3.66. The molecule has 0 aromatic heterocycles. The molecule has 9 heteroatoms. The van der Waals surface area contributed by atoms with Crippen molar-refractivity contribution in [2.45, 2.75) is 6.92 Å². The predicted octanol–water partition coefficient (Wildman–Crippen LogP) is 2.97. The van der Waals surface area contributed by atoms with Crippen LogP contribution in [0.15, 0.2) is 46.9 Å². The number of ether oxygens (including phenoxy) is 2. The van der Waals surface area contributed by atoms with Crippen molar-refractivity contribution in [2.75, 3.05) is 28.7 Å². The summed E-state index contributed by atoms with van der Waals surface area (Å²) in [6, 6.07) is 11.8. The zero-order valence-corrected chi connectivity index (χ0v) is 16.3. The van der Waals surface area contributed by atoms with E-state index in [1.165, 1.54) is 6.92 Å². The van der Waals surface area contributed by atoms with E-state index < -0.39 is 15.9 Å². The van der Waals surface area contributed by atoms with Crippen LogP contribution in [0.2, 0.25) is 0 Å². The summed E-state index contributed by atoms with van der Waals surface area (Å²) >= 11 is 3.32. The van der Waals surface area contributed by atoms with Crippen molar-refractivity contribution in [3.05, 3.63) is 46.9 Å². The van der Waals surface area contributed by atoms with Gasteiger partial charge in [-0.25, -0.2) is 8.42 Å². The second-order valence-electron chi connectivity index (χ2n) is 5.50. The fourth-order valence-electron chi connectivity index (χ4n) is 2.41. The third kappa shape index (κ3) is 4.10. The topological polar surface area (TPSA) is 84.9 Å². The van der Waals surface area contributed by atoms with Gasteiger partial charge >= 0.3 is 0 Å². The number of fused-ring (bicyclic) bond motifs is 1. The van der Waals surface area contributed by atoms with E-state index >= 15 is 0 Å². The third-order valence-corrected chi connectivity index (χ3v) is 6.03. The Bertz CT molecular complexity index is 915. The molecule has 0 unspecified atom stereocenters. The highest BCUT2D eigenvalue weighted by molar-refractivity contribution is 9.10. The van der Waals surface area contributed by atoms with Crippen LogP contribution < -0.4 is 19.1 Å². The number of carbonyl (C=O) groups excluding carboxylic acids is 1. The minimum Gasteiger partial charge on any atom is -0.454 e. The largest absolute Gasteiger partial charge is 0.454 e. The molecule has 0 fully saturated rings. The molecular formula is C17H17BrN2O5S. The molecule has 0 saturated heterocycles. The Morgan fingerprint density at radius 1 is 1.15 bits per heavy atom. The highest BCUT2D eigenvalue weighted by Crippen LogP contribution is 2.36. The molecule has 1 heterocycles. The van der Waals surface area contributed by atoms with E-state index in [4.69, 9.17) is 9.47 Å². The second-order valence-corrected chi connectivity index (χ2v) is 8.60. The molecule has 0 saturated carbocycles. The van der Waals surface area contributed by atoms with Gasteiger partial charge in [-0.15, -0.1) is 0 Å². The lowest BCUT2D eigenvalue weighted by Gasteiger charge is -2.23. The molecule has 0 radical (unpaired) electrons. The summed E-state index contributed by atoms with van der Waals surface area (Å²) in [5.74, 6) is 0.420. The smallest absolute Gasteiger partial charge is 0.245 e. The van der Waals surface area contributed by atoms with Crippen LogP contribution in [0.5, 0.6) is 11.5 Å². The lowest BCUT2D eigenvalue weighted by molar-refractivity contribution is -0.114. The van der Waals surface area contributed by atoms with Gasteiger partial charge in [0.1, 0.15) is 6.54 Å². The van der Waals surface area contributed by atoms with Gasteiger partial charge < -0.3 is 14.8 Å². The molecule has 1 aliphatic rings. The summed E-state index contributed by atoms with van der Waals surface area (Å²) < 4.78 is 37.5. The maximum absolute atomic E-state index is 12.5. The van der Waals surface area contributed by atoms with Gasteiger partial charge in [0.15, 0.2) is 11.5 Å². The Balaban J connectivity index is 1.83. The molecule has 1 amide bonds. The van der Waals surface area contributed by atoms with Gasteiger partial charge in [0.25, 0.3) is 0 Å². The molecule has 2 aromatic rings. The highest BCUT2D eigenvalue weighted by atomic mass is 79.9. The average molecular weight is 441 g/mol. The summed E-state index contributed by atoms with van der Waals surface area (Å²) in [5, 5.41) is 2.70. The number of carbonyl (C=O) groups is 1. The van der Waals surface area contributed by atoms with Gasteiger partial charge in [-0.05, 0) is 43.3 Å². The van der Waals surface area contributed by atoms with Crippen LogP contribution >= 0.6 is 15.9 Å². The van der Waals surface area contributed by atoms with Crippen molar-refractivity contribution < 1.29 is 22.7 Å². The summed E-state index contributed by atoms with van der Waals surface area (Å²) in [6.07, 6.45) is 0. The first-order valence-corrected chi connectivity index (χ1v) is 10.2. The van der Waals surface area contributed by atoms with Crippen LogP contribution in [0, 0.1) is 0 Å². The molecule has 26 heavy (non-hydrogen) atoms. The number of anilines is 2. The first kappa shape index (κ1) is 18.5. The number of halogens is 1. The first-order chi connectivity index (χ1) is 12.4. The molecule has 0 spiro atoms. The van der Waals surface area contributed by atoms with Crippen molar-refractivity contribution in [2.24, 2.45) is 0 Å². The standard InChI is InChI=1S/C17H17BrN2O5S/c1-2-26(22,23)20(14-7-8-15-16(9-14)25-11-24-15)10-17(21)19-13-5-3-12(18)4-6-13/h3-9H,2,10-11H2,1H3,(H,19,21). The molecule has 7 nitrogen and oxygen atoms in total. The molecule has 138 valence electrons. The van der Waals surface area contributed by atoms with E-state index in [-0.39, 0.29) is 19.1 Å². The lowest BCUT2D eigenvalue weighted by atomic mass is 10.2. The Morgan fingerprint density at radius 3 is 2.54 bits per heavy atom. The van der Waals surface area contributed by atoms with E-state index in [0.717, 1.165) is 8.78 Å². The molecule has 0 bridgehead atoms. The third-order valence-electron chi connectivity index (χ3n) is 3.76. The van der Waals surface area contributed by atoms with Crippen molar-refractivity contribution >= 4 is 43.2 Å². The van der Waals surface area contributed by atoms with Crippen LogP contribution in [-0.2, 0) is 14.8 Å². The van der Waals surface area contributed by atoms with Crippen molar-refractivity contribution in [3.8, 4) is 11.5 Å². The van der Waals surface area contributed by atoms with Gasteiger partial charge in [-0.3, -0.25) is 9.10 Å². The Morgan fingerprint density at radius 2 is 1.85 bits per heavy atom. The minimum atomic E-state index is -3.66. The summed E-state index contributed by atoms with van der Waals surface area (Å²) in [5.41, 5.74) is 0.930. The number of hydrogen-bond donors (Lipinski definition) is 1. The Labute approximate surface area is 160 Å². The van der Waals surface area contributed by atoms with E-state index in [9.17, 15) is 13.2 Å². The molecule has 3 rings (SSSR count). The molecule has 0 aliphatic carbocycles. The number of rotatable bonds is 6. The van der Waals surface area contributed by atoms with Crippen molar-refractivity contribution in [1.82, 2.24) is 0 Å². The quantitative estimate of drug-likeness (QED) is 0.745. The van der Waals surface area contributed by atoms with Gasteiger partial charge in [0.2, 0.25) is 22.7 Å². The monoisotopic (exact) mass is 440 g/mol. The van der Waals surface area contributed by atoms with Gasteiger partial charge in [0.05, 0.1) is 11.4 Å². The van der Waals surface area contributed by atoms with Crippen LogP contribution in [-0.4, -0.2) is 33.4 Å². The second kappa shape index (κ2) is 7.55. The van der Waals surface area contributed by atoms with E-state index in [1.54, 1.807) is 42.5 Å². The van der Waals surface area contributed by atoms with Crippen LogP contribution in [0.3, 0.4) is 0 Å². The predicted molar refractivity (Wildman–Crippen MR) is 102 cm³/mol. The first-order valence-electron chi connectivity index (χ1n) is 7.84. The summed E-state index contributed by atoms with van der Waals surface area (Å²) in [6.45, 7) is 1.27. The molecule has 0 atom stereocenters. The zero-order chi connectivity index (χ0) is 18.7. The number of benzene rings is 2. The normalized spacial score (nSPS) is 12.7. The maximum atomic E-state index is 12.5. The molecule has 1 N–H and O–H groups in total. The highest BCUT2D eigenvalue weighted by Gasteiger charge is 2.25. The SMILES string of the molecule is CCS(=O)(=O)N(CC(=O)Nc1ccc(Br)cc1)c1ccc2c(c1)OCO2. The van der Waals surface area contributed by atoms with Gasteiger partial charge in [-0.2, -0.15) is 0 Å². The number of hydrogen-bond acceptors (Lipinski definition) is 5. The maximum Gasteiger partial charge on any atom is 0.245 e. The Hall–Kier alpha value is -2.26. The molecular weight excluding hydrogens is 424 g/mol. The minimum absolute atomic E-state index is 0.0867. The number of amides is 1. The van der Waals surface area contributed by atoms with E-state index in [1.807, 2.05) is 0 Å². The van der Waals surface area contributed by atoms with E-state index in [2.05, 4.69) is 21.2 Å². The fraction of sp³-hybridized carbons (Fsp3) is 0.235. The zero-order valence-electron chi connectivity index (χ0n) is 13.9. The fourth-order valence-corrected chi connectivity index (χ4v) is 3.74. The van der Waals surface area contributed by atoms with Crippen LogP contribution in [0.4, 0.5) is 11.4 Å². The number of nitrogens with zero attached hydrogens (tertiary/aromatic N) is 1. The van der Waals surface area contributed by atoms with Crippen LogP contribution in [0.25, 0.3) is 0 Å². The lowest BCUT2D eigenvalue weighted by Crippen LogP contribution is -2.39. The Kier molecular flexibility index (Phi) is 5.38. The number of sulfonamides is 1. The van der Waals surface area contributed by atoms with Crippen molar-refractivity contribution in [3.63, 3.8) is 0 Å². The molecule has 2 aromatic carbocycles. The van der Waals surface area contributed by atoms with E-state index in [0.29, 0.717) is 22.9 Å².